The predicted molar refractivity (Wildman–Crippen MR) is 69.1 cm³/mol. The highest BCUT2D eigenvalue weighted by atomic mass is 16.5. The molecule has 1 aliphatic heterocycles. The SMILES string of the molecule is OCCCN1CCC(OC2CCCCC2)CC1. The molecular formula is C14H27NO2. The van der Waals surface area contributed by atoms with Gasteiger partial charge in [-0.3, -0.25) is 0 Å². The number of hydrogen-bond donors (Lipinski definition) is 1. The number of aliphatic hydroxyl groups excluding tert-OH is 1. The van der Waals surface area contributed by atoms with Crippen LogP contribution in [0.15, 0.2) is 0 Å². The van der Waals surface area contributed by atoms with E-state index in [0.29, 0.717) is 18.8 Å². The number of likely N-dealkylation sites (tertiary alicyclic amines) is 1. The van der Waals surface area contributed by atoms with Crippen LogP contribution in [0.1, 0.15) is 51.4 Å². The second-order valence-electron chi connectivity index (χ2n) is 5.51. The Balaban J connectivity index is 1.61. The molecule has 0 amide bonds. The Bertz CT molecular complexity index is 196. The predicted octanol–water partition coefficient (Wildman–Crippen LogP) is 2.18. The molecule has 1 heterocycles. The number of hydrogen-bond acceptors (Lipinski definition) is 3. The van der Waals surface area contributed by atoms with E-state index in [0.717, 1.165) is 26.1 Å². The molecule has 0 unspecified atom stereocenters. The lowest BCUT2D eigenvalue weighted by atomic mass is 9.97. The molecule has 0 atom stereocenters. The van der Waals surface area contributed by atoms with E-state index in [1.807, 2.05) is 0 Å². The van der Waals surface area contributed by atoms with Crippen molar-refractivity contribution in [1.82, 2.24) is 4.90 Å². The van der Waals surface area contributed by atoms with Gasteiger partial charge in [0.25, 0.3) is 0 Å². The molecule has 1 saturated heterocycles. The van der Waals surface area contributed by atoms with Crippen molar-refractivity contribution >= 4 is 0 Å². The summed E-state index contributed by atoms with van der Waals surface area (Å²) in [5.41, 5.74) is 0. The van der Waals surface area contributed by atoms with Gasteiger partial charge in [0.05, 0.1) is 12.2 Å². The van der Waals surface area contributed by atoms with Gasteiger partial charge in [0.2, 0.25) is 0 Å². The van der Waals surface area contributed by atoms with Crippen LogP contribution < -0.4 is 0 Å². The summed E-state index contributed by atoms with van der Waals surface area (Å²) >= 11 is 0. The summed E-state index contributed by atoms with van der Waals surface area (Å²) in [6.07, 6.45) is 11.0. The van der Waals surface area contributed by atoms with Crippen LogP contribution in [0.3, 0.4) is 0 Å². The maximum atomic E-state index is 8.81. The second-order valence-corrected chi connectivity index (χ2v) is 5.51. The average Bonchev–Trinajstić information content (AvgIpc) is 2.39. The molecule has 17 heavy (non-hydrogen) atoms. The number of aliphatic hydroxyl groups is 1. The highest BCUT2D eigenvalue weighted by Crippen LogP contribution is 2.24. The van der Waals surface area contributed by atoms with Crippen LogP contribution in [-0.4, -0.2) is 48.5 Å². The van der Waals surface area contributed by atoms with Gasteiger partial charge in [0.1, 0.15) is 0 Å². The molecule has 2 aliphatic rings. The van der Waals surface area contributed by atoms with Crippen molar-refractivity contribution in [2.45, 2.75) is 63.6 Å². The standard InChI is InChI=1S/C14H27NO2/c16-12-4-9-15-10-7-14(8-11-15)17-13-5-2-1-3-6-13/h13-14,16H,1-12H2. The number of rotatable bonds is 5. The molecule has 0 spiro atoms. The van der Waals surface area contributed by atoms with Crippen LogP contribution in [-0.2, 0) is 4.74 Å². The molecule has 1 N–H and O–H groups in total. The summed E-state index contributed by atoms with van der Waals surface area (Å²) in [5.74, 6) is 0. The lowest BCUT2D eigenvalue weighted by Gasteiger charge is -2.34. The zero-order chi connectivity index (χ0) is 11.9. The monoisotopic (exact) mass is 241 g/mol. The number of piperidine rings is 1. The minimum absolute atomic E-state index is 0.318. The third-order valence-electron chi connectivity index (χ3n) is 4.10. The van der Waals surface area contributed by atoms with Crippen molar-refractivity contribution in [2.75, 3.05) is 26.2 Å². The maximum absolute atomic E-state index is 8.81. The van der Waals surface area contributed by atoms with Crippen molar-refractivity contribution in [2.24, 2.45) is 0 Å². The van der Waals surface area contributed by atoms with Crippen LogP contribution in [0.2, 0.25) is 0 Å². The Kier molecular flexibility index (Phi) is 5.75. The summed E-state index contributed by atoms with van der Waals surface area (Å²) in [4.78, 5) is 2.46. The first kappa shape index (κ1) is 13.3. The van der Waals surface area contributed by atoms with E-state index < -0.39 is 0 Å². The van der Waals surface area contributed by atoms with Crippen LogP contribution >= 0.6 is 0 Å². The molecule has 1 saturated carbocycles. The second kappa shape index (κ2) is 7.34. The highest BCUT2D eigenvalue weighted by Gasteiger charge is 2.23. The lowest BCUT2D eigenvalue weighted by molar-refractivity contribution is -0.0559. The fourth-order valence-electron chi connectivity index (χ4n) is 3.04. The van der Waals surface area contributed by atoms with Gasteiger partial charge in [-0.15, -0.1) is 0 Å². The van der Waals surface area contributed by atoms with Gasteiger partial charge >= 0.3 is 0 Å². The molecule has 0 bridgehead atoms. The summed E-state index contributed by atoms with van der Waals surface area (Å²) in [6, 6.07) is 0. The Morgan fingerprint density at radius 1 is 0.941 bits per heavy atom. The van der Waals surface area contributed by atoms with Gasteiger partial charge in [-0.2, -0.15) is 0 Å². The van der Waals surface area contributed by atoms with Crippen molar-refractivity contribution in [3.63, 3.8) is 0 Å². The van der Waals surface area contributed by atoms with Gasteiger partial charge < -0.3 is 14.7 Å². The van der Waals surface area contributed by atoms with Crippen molar-refractivity contribution in [3.8, 4) is 0 Å². The van der Waals surface area contributed by atoms with E-state index in [1.165, 1.54) is 44.9 Å². The fraction of sp³-hybridized carbons (Fsp3) is 1.00. The van der Waals surface area contributed by atoms with E-state index in [4.69, 9.17) is 9.84 Å². The lowest BCUT2D eigenvalue weighted by Crippen LogP contribution is -2.39. The molecule has 2 rings (SSSR count). The minimum Gasteiger partial charge on any atom is -0.396 e. The van der Waals surface area contributed by atoms with Crippen LogP contribution in [0.25, 0.3) is 0 Å². The molecule has 3 nitrogen and oxygen atoms in total. The first-order valence-electron chi connectivity index (χ1n) is 7.37. The van der Waals surface area contributed by atoms with Crippen molar-refractivity contribution in [3.05, 3.63) is 0 Å². The molecule has 3 heteroatoms. The van der Waals surface area contributed by atoms with E-state index in [9.17, 15) is 0 Å². The summed E-state index contributed by atoms with van der Waals surface area (Å²) in [5, 5.41) is 8.81. The van der Waals surface area contributed by atoms with Crippen LogP contribution in [0.4, 0.5) is 0 Å². The zero-order valence-corrected chi connectivity index (χ0v) is 10.9. The quantitative estimate of drug-likeness (QED) is 0.801. The molecular weight excluding hydrogens is 214 g/mol. The van der Waals surface area contributed by atoms with Crippen LogP contribution in [0, 0.1) is 0 Å². The third-order valence-corrected chi connectivity index (χ3v) is 4.10. The normalized spacial score (nSPS) is 25.2. The van der Waals surface area contributed by atoms with E-state index in [2.05, 4.69) is 4.90 Å². The number of nitrogens with zero attached hydrogens (tertiary/aromatic N) is 1. The summed E-state index contributed by atoms with van der Waals surface area (Å²) < 4.78 is 6.21. The Hall–Kier alpha value is -0.120. The van der Waals surface area contributed by atoms with Gasteiger partial charge in [0, 0.05) is 26.2 Å². The zero-order valence-electron chi connectivity index (χ0n) is 10.9. The Morgan fingerprint density at radius 3 is 2.24 bits per heavy atom. The maximum Gasteiger partial charge on any atom is 0.0603 e. The molecule has 0 aromatic heterocycles. The minimum atomic E-state index is 0.318. The molecule has 100 valence electrons. The molecule has 0 aromatic rings. The van der Waals surface area contributed by atoms with E-state index in [1.54, 1.807) is 0 Å². The smallest absolute Gasteiger partial charge is 0.0603 e. The van der Waals surface area contributed by atoms with E-state index in [-0.39, 0.29) is 0 Å². The van der Waals surface area contributed by atoms with Gasteiger partial charge in [-0.25, -0.2) is 0 Å². The summed E-state index contributed by atoms with van der Waals surface area (Å²) in [6.45, 7) is 3.67. The topological polar surface area (TPSA) is 32.7 Å². The van der Waals surface area contributed by atoms with Crippen molar-refractivity contribution in [1.29, 1.82) is 0 Å². The Labute approximate surface area is 105 Å². The average molecular weight is 241 g/mol. The largest absolute Gasteiger partial charge is 0.396 e. The molecule has 0 radical (unpaired) electrons. The molecule has 1 aliphatic carbocycles. The Morgan fingerprint density at radius 2 is 1.59 bits per heavy atom. The van der Waals surface area contributed by atoms with E-state index >= 15 is 0 Å². The molecule has 0 aromatic carbocycles. The van der Waals surface area contributed by atoms with Gasteiger partial charge in [-0.1, -0.05) is 19.3 Å². The summed E-state index contributed by atoms with van der Waals surface area (Å²) in [7, 11) is 0. The third kappa shape index (κ3) is 4.57. The van der Waals surface area contributed by atoms with Crippen LogP contribution in [0.5, 0.6) is 0 Å². The molecule has 2 fully saturated rings. The first-order valence-corrected chi connectivity index (χ1v) is 7.37. The fourth-order valence-corrected chi connectivity index (χ4v) is 3.04. The first-order chi connectivity index (χ1) is 8.38. The highest BCUT2D eigenvalue weighted by molar-refractivity contribution is 4.75. The number of ether oxygens (including phenoxy) is 1. The van der Waals surface area contributed by atoms with Crippen molar-refractivity contribution < 1.29 is 9.84 Å². The van der Waals surface area contributed by atoms with Gasteiger partial charge in [0.15, 0.2) is 0 Å². The van der Waals surface area contributed by atoms with Gasteiger partial charge in [-0.05, 0) is 32.1 Å².